The van der Waals surface area contributed by atoms with Crippen LogP contribution in [0, 0.1) is 0 Å². The molecule has 0 spiro atoms. The fourth-order valence-electron chi connectivity index (χ4n) is 0.995. The third-order valence-corrected chi connectivity index (χ3v) is 2.56. The molecule has 0 saturated carbocycles. The second-order valence-electron chi connectivity index (χ2n) is 2.28. The topological polar surface area (TPSA) is 0 Å². The molecule has 0 nitrogen and oxygen atoms in total. The zero-order valence-electron chi connectivity index (χ0n) is 6.60. The minimum Gasteiger partial charge on any atom is -0.132 e. The van der Waals surface area contributed by atoms with Gasteiger partial charge in [0.2, 0.25) is 0 Å². The summed E-state index contributed by atoms with van der Waals surface area (Å²) in [4.78, 5) is 0. The molecular weight excluding hydrogens is 325 g/mol. The van der Waals surface area contributed by atoms with Crippen molar-refractivity contribution < 1.29 is 18.2 Å². The summed E-state index contributed by atoms with van der Waals surface area (Å²) in [5, 5.41) is 2.88. The summed E-state index contributed by atoms with van der Waals surface area (Å²) in [5.74, 6) is 2.23. The average molecular weight is 332 g/mol. The average Bonchev–Trinajstić information content (AvgIpc) is 2.49. The van der Waals surface area contributed by atoms with E-state index in [1.165, 1.54) is 10.5 Å². The third kappa shape index (κ3) is 4.86. The van der Waals surface area contributed by atoms with Crippen LogP contribution in [0.5, 0.6) is 0 Å². The summed E-state index contributed by atoms with van der Waals surface area (Å²) in [6.45, 7) is 0. The maximum atomic E-state index is 5.00. The Morgan fingerprint density at radius 3 is 2.23 bits per heavy atom. The van der Waals surface area contributed by atoms with Gasteiger partial charge < -0.3 is 0 Å². The van der Waals surface area contributed by atoms with Gasteiger partial charge in [0.15, 0.2) is 0 Å². The first-order valence-electron chi connectivity index (χ1n) is 3.55. The molecule has 1 aromatic heterocycles. The molecule has 0 aliphatic carbocycles. The standard InChI is InChI=1S/C8H7P.3ClH.Zr/c1-2-4-8-7(3-1)5-6-9-8;;;;/h1-6,9H;3*1H;/q;;;;+3/p-3. The van der Waals surface area contributed by atoms with E-state index in [-0.39, 0.29) is 0 Å². The van der Waals surface area contributed by atoms with Crippen LogP contribution in [0.25, 0.3) is 10.5 Å². The molecule has 1 unspecified atom stereocenters. The Bertz CT molecular complexity index is 328. The van der Waals surface area contributed by atoms with Gasteiger partial charge >= 0.3 is 43.7 Å². The van der Waals surface area contributed by atoms with E-state index in [9.17, 15) is 0 Å². The van der Waals surface area contributed by atoms with Gasteiger partial charge in [0.1, 0.15) is 0 Å². The molecule has 0 N–H and O–H groups in total. The van der Waals surface area contributed by atoms with Gasteiger partial charge in [-0.25, -0.2) is 0 Å². The van der Waals surface area contributed by atoms with Crippen molar-refractivity contribution in [2.24, 2.45) is 0 Å². The van der Waals surface area contributed by atoms with Crippen molar-refractivity contribution in [2.75, 3.05) is 0 Å². The molecule has 2 aromatic rings. The predicted octanol–water partition coefficient (Wildman–Crippen LogP) is 4.94. The van der Waals surface area contributed by atoms with Crippen LogP contribution >= 0.6 is 33.7 Å². The van der Waals surface area contributed by atoms with Gasteiger partial charge in [0.05, 0.1) is 0 Å². The van der Waals surface area contributed by atoms with Crippen LogP contribution in [-0.2, 0) is 18.2 Å². The van der Waals surface area contributed by atoms with E-state index in [4.69, 9.17) is 25.5 Å². The molecule has 1 aromatic carbocycles. The molecule has 0 aliphatic rings. The Morgan fingerprint density at radius 2 is 1.62 bits per heavy atom. The first kappa shape index (κ1) is 12.1. The molecule has 2 rings (SSSR count). The van der Waals surface area contributed by atoms with E-state index in [1.54, 1.807) is 0 Å². The van der Waals surface area contributed by atoms with Crippen LogP contribution in [-0.4, -0.2) is 0 Å². The summed E-state index contributed by atoms with van der Waals surface area (Å²) < 4.78 is 0. The Balaban J connectivity index is 0.000000184. The van der Waals surface area contributed by atoms with E-state index in [0.29, 0.717) is 0 Å². The zero-order chi connectivity index (χ0) is 9.68. The SMILES string of the molecule is [Cl][Zr]([Cl])[Cl].c1ccc2[pH]ccc2c1. The maximum absolute atomic E-state index is 5.00. The van der Waals surface area contributed by atoms with E-state index in [1.807, 2.05) is 0 Å². The van der Waals surface area contributed by atoms with Crippen molar-refractivity contribution in [3.05, 3.63) is 36.1 Å². The predicted molar refractivity (Wildman–Crippen MR) is 61.0 cm³/mol. The first-order valence-corrected chi connectivity index (χ1v) is 14.1. The van der Waals surface area contributed by atoms with Crippen LogP contribution in [0.4, 0.5) is 0 Å². The first-order chi connectivity index (χ1) is 6.20. The Morgan fingerprint density at radius 1 is 1.00 bits per heavy atom. The number of benzene rings is 1. The van der Waals surface area contributed by atoms with Gasteiger partial charge in [-0.15, -0.1) is 8.19 Å². The van der Waals surface area contributed by atoms with Crippen LogP contribution in [0.1, 0.15) is 0 Å². The minimum absolute atomic E-state index is 0.899. The molecule has 5 heteroatoms. The number of hydrogen-bond donors (Lipinski definition) is 0. The monoisotopic (exact) mass is 329 g/mol. The van der Waals surface area contributed by atoms with Crippen molar-refractivity contribution in [1.82, 2.24) is 0 Å². The van der Waals surface area contributed by atoms with E-state index in [2.05, 4.69) is 36.1 Å². The molecule has 69 valence electrons. The molecule has 0 saturated heterocycles. The summed E-state index contributed by atoms with van der Waals surface area (Å²) in [6.07, 6.45) is 0. The third-order valence-electron chi connectivity index (χ3n) is 1.46. The largest absolute Gasteiger partial charge is 0.132 e. The van der Waals surface area contributed by atoms with Crippen molar-refractivity contribution in [2.45, 2.75) is 0 Å². The molecule has 1 heterocycles. The molecule has 1 atom stereocenters. The second kappa shape index (κ2) is 6.49. The summed E-state index contributed by atoms with van der Waals surface area (Å²) >= 11 is -2.13. The maximum Gasteiger partial charge on any atom is -0.00183 e. The van der Waals surface area contributed by atoms with Gasteiger partial charge in [0, 0.05) is 0 Å². The number of rotatable bonds is 0. The smallest absolute Gasteiger partial charge is 0.00183 e. The van der Waals surface area contributed by atoms with Gasteiger partial charge in [-0.1, -0.05) is 30.3 Å². The molecule has 0 radical (unpaired) electrons. The van der Waals surface area contributed by atoms with Gasteiger partial charge in [-0.2, -0.15) is 0 Å². The minimum atomic E-state index is -2.13. The van der Waals surface area contributed by atoms with E-state index in [0.717, 1.165) is 8.19 Å². The van der Waals surface area contributed by atoms with Crippen molar-refractivity contribution >= 4 is 44.2 Å². The summed E-state index contributed by atoms with van der Waals surface area (Å²) in [5.41, 5.74) is 0. The van der Waals surface area contributed by atoms with Gasteiger partial charge in [-0.05, 0) is 16.3 Å². The molecule has 0 fully saturated rings. The van der Waals surface area contributed by atoms with Crippen LogP contribution in [0.15, 0.2) is 36.1 Å². The summed E-state index contributed by atoms with van der Waals surface area (Å²) in [6, 6.07) is 10.7. The fourth-order valence-corrected chi connectivity index (χ4v) is 1.96. The molecule has 0 aliphatic heterocycles. The molecule has 13 heavy (non-hydrogen) atoms. The fraction of sp³-hybridized carbons (Fsp3) is 0. The Labute approximate surface area is 97.6 Å². The molecule has 0 bridgehead atoms. The number of fused-ring (bicyclic) bond motifs is 1. The Kier molecular flexibility index (Phi) is 6.03. The number of hydrogen-bond acceptors (Lipinski definition) is 0. The van der Waals surface area contributed by atoms with Crippen molar-refractivity contribution in [3.63, 3.8) is 0 Å². The molecular formula is C8H7Cl3PZr. The Hall–Kier alpha value is 1.01. The molecule has 0 amide bonds. The normalized spacial score (nSPS) is 9.77. The van der Waals surface area contributed by atoms with E-state index < -0.39 is 18.2 Å². The van der Waals surface area contributed by atoms with Crippen LogP contribution in [0.3, 0.4) is 0 Å². The summed E-state index contributed by atoms with van der Waals surface area (Å²) in [7, 11) is 15.9. The van der Waals surface area contributed by atoms with Crippen LogP contribution < -0.4 is 0 Å². The van der Waals surface area contributed by atoms with Gasteiger partial charge in [-0.3, -0.25) is 0 Å². The van der Waals surface area contributed by atoms with E-state index >= 15 is 0 Å². The quantitative estimate of drug-likeness (QED) is 0.641. The number of halogens is 3. The second-order valence-corrected chi connectivity index (χ2v) is 14.6. The van der Waals surface area contributed by atoms with Gasteiger partial charge in [0.25, 0.3) is 0 Å². The van der Waals surface area contributed by atoms with Crippen molar-refractivity contribution in [3.8, 4) is 0 Å². The van der Waals surface area contributed by atoms with Crippen molar-refractivity contribution in [1.29, 1.82) is 0 Å². The van der Waals surface area contributed by atoms with Crippen LogP contribution in [0.2, 0.25) is 0 Å². The zero-order valence-corrected chi connectivity index (χ0v) is 12.3.